The van der Waals surface area contributed by atoms with Crippen LogP contribution in [0.4, 0.5) is 0 Å². The predicted octanol–water partition coefficient (Wildman–Crippen LogP) is 4.31. The number of aromatic nitrogens is 2. The predicted molar refractivity (Wildman–Crippen MR) is 85.9 cm³/mol. The van der Waals surface area contributed by atoms with E-state index in [1.165, 1.54) is 5.69 Å². The van der Waals surface area contributed by atoms with Crippen molar-refractivity contribution < 1.29 is 4.74 Å². The summed E-state index contributed by atoms with van der Waals surface area (Å²) in [6.07, 6.45) is 2.10. The number of nitrogens with zero attached hydrogens (tertiary/aromatic N) is 2. The molecule has 2 aromatic heterocycles. The van der Waals surface area contributed by atoms with Crippen molar-refractivity contribution in [2.75, 3.05) is 7.11 Å². The molecular weight excluding hydrogens is 260 g/mol. The van der Waals surface area contributed by atoms with E-state index in [1.807, 2.05) is 24.3 Å². The number of pyridine rings is 1. The fourth-order valence-electron chi connectivity index (χ4n) is 2.54. The van der Waals surface area contributed by atoms with E-state index in [-0.39, 0.29) is 5.41 Å². The highest BCUT2D eigenvalue weighted by Crippen LogP contribution is 2.27. The van der Waals surface area contributed by atoms with Crippen molar-refractivity contribution in [3.8, 4) is 17.0 Å². The van der Waals surface area contributed by atoms with Crippen LogP contribution in [0.2, 0.25) is 0 Å². The Kier molecular flexibility index (Phi) is 3.20. The van der Waals surface area contributed by atoms with Gasteiger partial charge < -0.3 is 9.14 Å². The summed E-state index contributed by atoms with van der Waals surface area (Å²) in [4.78, 5) is 4.74. The van der Waals surface area contributed by atoms with Crippen molar-refractivity contribution in [1.29, 1.82) is 0 Å². The lowest BCUT2D eigenvalue weighted by Crippen LogP contribution is -2.15. The molecule has 0 aliphatic rings. The van der Waals surface area contributed by atoms with Gasteiger partial charge in [-0.3, -0.25) is 0 Å². The van der Waals surface area contributed by atoms with Crippen molar-refractivity contribution in [3.63, 3.8) is 0 Å². The van der Waals surface area contributed by atoms with E-state index >= 15 is 0 Å². The number of fused-ring (bicyclic) bond motifs is 1. The fourth-order valence-corrected chi connectivity index (χ4v) is 2.54. The molecule has 0 atom stereocenters. The van der Waals surface area contributed by atoms with Crippen molar-refractivity contribution >= 4 is 5.65 Å². The molecular formula is C18H20N2O. The molecule has 0 saturated heterocycles. The molecule has 0 spiro atoms. The van der Waals surface area contributed by atoms with Crippen LogP contribution in [-0.4, -0.2) is 16.5 Å². The Hall–Kier alpha value is -2.29. The molecule has 0 fully saturated rings. The molecule has 0 saturated carbocycles. The molecule has 3 heteroatoms. The van der Waals surface area contributed by atoms with Crippen LogP contribution in [0.3, 0.4) is 0 Å². The van der Waals surface area contributed by atoms with Crippen LogP contribution in [-0.2, 0) is 5.41 Å². The summed E-state index contributed by atoms with van der Waals surface area (Å²) in [5, 5.41) is 0. The lowest BCUT2D eigenvalue weighted by atomic mass is 9.91. The monoisotopic (exact) mass is 280 g/mol. The third-order valence-electron chi connectivity index (χ3n) is 3.63. The van der Waals surface area contributed by atoms with E-state index in [2.05, 4.69) is 49.6 Å². The van der Waals surface area contributed by atoms with Gasteiger partial charge in [-0.2, -0.15) is 0 Å². The van der Waals surface area contributed by atoms with Crippen molar-refractivity contribution in [1.82, 2.24) is 9.38 Å². The van der Waals surface area contributed by atoms with Crippen LogP contribution in [0.1, 0.15) is 26.5 Å². The van der Waals surface area contributed by atoms with Crippen molar-refractivity contribution in [2.45, 2.75) is 26.2 Å². The van der Waals surface area contributed by atoms with Gasteiger partial charge in [-0.15, -0.1) is 0 Å². The van der Waals surface area contributed by atoms with E-state index < -0.39 is 0 Å². The lowest BCUT2D eigenvalue weighted by molar-refractivity contribution is 0.415. The Labute approximate surface area is 125 Å². The summed E-state index contributed by atoms with van der Waals surface area (Å²) in [7, 11) is 1.68. The molecule has 0 aliphatic carbocycles. The maximum absolute atomic E-state index is 5.29. The third-order valence-corrected chi connectivity index (χ3v) is 3.63. The summed E-state index contributed by atoms with van der Waals surface area (Å²) in [5.74, 6) is 0.848. The molecule has 0 radical (unpaired) electrons. The van der Waals surface area contributed by atoms with Gasteiger partial charge in [-0.05, 0) is 24.3 Å². The van der Waals surface area contributed by atoms with Crippen LogP contribution < -0.4 is 4.74 Å². The maximum Gasteiger partial charge on any atom is 0.137 e. The smallest absolute Gasteiger partial charge is 0.137 e. The molecule has 2 heterocycles. The Morgan fingerprint density at radius 2 is 1.81 bits per heavy atom. The average molecular weight is 280 g/mol. The summed E-state index contributed by atoms with van der Waals surface area (Å²) in [6, 6.07) is 14.3. The number of imidazole rings is 1. The van der Waals surface area contributed by atoms with Crippen LogP contribution in [0.5, 0.6) is 5.75 Å². The summed E-state index contributed by atoms with van der Waals surface area (Å²) < 4.78 is 7.47. The Balaban J connectivity index is 2.17. The Morgan fingerprint density at radius 3 is 2.52 bits per heavy atom. The zero-order valence-corrected chi connectivity index (χ0v) is 12.9. The molecule has 0 amide bonds. The normalized spacial score (nSPS) is 11.8. The van der Waals surface area contributed by atoms with Gasteiger partial charge in [0.2, 0.25) is 0 Å². The number of hydrogen-bond acceptors (Lipinski definition) is 2. The highest BCUT2D eigenvalue weighted by atomic mass is 16.5. The second kappa shape index (κ2) is 4.92. The van der Waals surface area contributed by atoms with Gasteiger partial charge in [-0.25, -0.2) is 4.98 Å². The molecule has 3 rings (SSSR count). The molecule has 0 unspecified atom stereocenters. The van der Waals surface area contributed by atoms with E-state index in [0.29, 0.717) is 0 Å². The van der Waals surface area contributed by atoms with Gasteiger partial charge in [0.05, 0.1) is 12.8 Å². The SMILES string of the molecule is COc1cccc(-c2cn3c(C(C)(C)C)cccc3n2)c1. The largest absolute Gasteiger partial charge is 0.497 e. The first-order chi connectivity index (χ1) is 9.99. The van der Waals surface area contributed by atoms with E-state index in [1.54, 1.807) is 7.11 Å². The van der Waals surface area contributed by atoms with Crippen LogP contribution >= 0.6 is 0 Å². The first kappa shape index (κ1) is 13.7. The number of rotatable bonds is 2. The summed E-state index contributed by atoms with van der Waals surface area (Å²) >= 11 is 0. The Bertz CT molecular complexity index is 781. The number of benzene rings is 1. The topological polar surface area (TPSA) is 26.5 Å². The highest BCUT2D eigenvalue weighted by molar-refractivity contribution is 5.64. The minimum Gasteiger partial charge on any atom is -0.497 e. The molecule has 21 heavy (non-hydrogen) atoms. The molecule has 0 bridgehead atoms. The minimum atomic E-state index is 0.0753. The maximum atomic E-state index is 5.29. The van der Waals surface area contributed by atoms with Crippen LogP contribution in [0.25, 0.3) is 16.9 Å². The van der Waals surface area contributed by atoms with E-state index in [4.69, 9.17) is 9.72 Å². The standard InChI is InChI=1S/C18H20N2O/c1-18(2,3)16-9-6-10-17-19-15(12-20(16)17)13-7-5-8-14(11-13)21-4/h5-12H,1-4H3. The summed E-state index contributed by atoms with van der Waals surface area (Å²) in [5.41, 5.74) is 4.33. The molecule has 0 aliphatic heterocycles. The zero-order chi connectivity index (χ0) is 15.0. The quantitative estimate of drug-likeness (QED) is 0.699. The molecule has 3 aromatic rings. The zero-order valence-electron chi connectivity index (χ0n) is 12.9. The van der Waals surface area contributed by atoms with Gasteiger partial charge in [0.25, 0.3) is 0 Å². The van der Waals surface area contributed by atoms with Gasteiger partial charge in [0, 0.05) is 22.9 Å². The first-order valence-electron chi connectivity index (χ1n) is 7.12. The third kappa shape index (κ3) is 2.51. The summed E-state index contributed by atoms with van der Waals surface area (Å²) in [6.45, 7) is 6.65. The lowest BCUT2D eigenvalue weighted by Gasteiger charge is -2.20. The van der Waals surface area contributed by atoms with Crippen LogP contribution in [0.15, 0.2) is 48.7 Å². The Morgan fingerprint density at radius 1 is 1.05 bits per heavy atom. The van der Waals surface area contributed by atoms with Crippen molar-refractivity contribution in [2.24, 2.45) is 0 Å². The molecule has 3 nitrogen and oxygen atoms in total. The van der Waals surface area contributed by atoms with Gasteiger partial charge in [-0.1, -0.05) is 39.0 Å². The van der Waals surface area contributed by atoms with E-state index in [9.17, 15) is 0 Å². The first-order valence-corrected chi connectivity index (χ1v) is 7.12. The molecule has 1 aromatic carbocycles. The van der Waals surface area contributed by atoms with Gasteiger partial charge in [0.15, 0.2) is 0 Å². The number of hydrogen-bond donors (Lipinski definition) is 0. The number of ether oxygens (including phenoxy) is 1. The average Bonchev–Trinajstić information content (AvgIpc) is 2.90. The molecule has 0 N–H and O–H groups in total. The van der Waals surface area contributed by atoms with Crippen LogP contribution in [0, 0.1) is 0 Å². The van der Waals surface area contributed by atoms with Gasteiger partial charge in [0.1, 0.15) is 11.4 Å². The number of methoxy groups -OCH3 is 1. The highest BCUT2D eigenvalue weighted by Gasteiger charge is 2.18. The van der Waals surface area contributed by atoms with Gasteiger partial charge >= 0.3 is 0 Å². The van der Waals surface area contributed by atoms with Crippen molar-refractivity contribution in [3.05, 3.63) is 54.4 Å². The molecule has 108 valence electrons. The van der Waals surface area contributed by atoms with E-state index in [0.717, 1.165) is 22.7 Å². The second-order valence-corrected chi connectivity index (χ2v) is 6.25. The minimum absolute atomic E-state index is 0.0753. The fraction of sp³-hybridized carbons (Fsp3) is 0.278. The second-order valence-electron chi connectivity index (χ2n) is 6.25.